The fourth-order valence-electron chi connectivity index (χ4n) is 4.60. The van der Waals surface area contributed by atoms with Gasteiger partial charge in [-0.25, -0.2) is 8.42 Å². The minimum Gasteiger partial charge on any atom is -0.481 e. The molecule has 0 saturated heterocycles. The van der Waals surface area contributed by atoms with Crippen LogP contribution in [0.25, 0.3) is 6.08 Å². The fourth-order valence-corrected chi connectivity index (χ4v) is 6.44. The van der Waals surface area contributed by atoms with E-state index in [4.69, 9.17) is 23.2 Å². The molecular weight excluding hydrogens is 646 g/mol. The van der Waals surface area contributed by atoms with Gasteiger partial charge >= 0.3 is 12.1 Å². The highest BCUT2D eigenvalue weighted by Gasteiger charge is 2.31. The first-order valence-electron chi connectivity index (χ1n) is 13.9. The molecule has 0 radical (unpaired) electrons. The molecule has 4 aromatic rings. The Morgan fingerprint density at radius 2 is 1.56 bits per heavy atom. The molecule has 11 heteroatoms. The number of sulfonamides is 1. The minimum atomic E-state index is -4.54. The number of anilines is 1. The molecule has 45 heavy (non-hydrogen) atoms. The van der Waals surface area contributed by atoms with Crippen molar-refractivity contribution in [2.24, 2.45) is 5.92 Å². The first-order chi connectivity index (χ1) is 21.1. The molecule has 0 aromatic heterocycles. The molecule has 0 heterocycles. The molecule has 1 unspecified atom stereocenters. The fraction of sp³-hybridized carbons (Fsp3) is 0.206. The van der Waals surface area contributed by atoms with Gasteiger partial charge in [-0.05, 0) is 71.0 Å². The maximum absolute atomic E-state index is 13.9. The molecule has 0 aliphatic rings. The Bertz CT molecular complexity index is 1790. The Morgan fingerprint density at radius 1 is 0.889 bits per heavy atom. The molecule has 236 valence electrons. The van der Waals surface area contributed by atoms with Gasteiger partial charge in [0, 0.05) is 0 Å². The van der Waals surface area contributed by atoms with Gasteiger partial charge in [0.1, 0.15) is 0 Å². The van der Waals surface area contributed by atoms with Gasteiger partial charge < -0.3 is 5.11 Å². The van der Waals surface area contributed by atoms with Gasteiger partial charge in [-0.2, -0.15) is 13.2 Å². The van der Waals surface area contributed by atoms with Crippen LogP contribution in [0.5, 0.6) is 0 Å². The Hall–Kier alpha value is -3.79. The molecule has 0 amide bonds. The van der Waals surface area contributed by atoms with Crippen LogP contribution in [0.2, 0.25) is 10.0 Å². The molecule has 0 aliphatic carbocycles. The minimum absolute atomic E-state index is 0.0220. The second kappa shape index (κ2) is 14.1. The number of aliphatic carboxylic acids is 1. The summed E-state index contributed by atoms with van der Waals surface area (Å²) < 4.78 is 68.4. The summed E-state index contributed by atoms with van der Waals surface area (Å²) in [5, 5.41) is 10.0. The van der Waals surface area contributed by atoms with Crippen LogP contribution in [0.4, 0.5) is 18.9 Å². The number of carboxylic acids is 1. The Morgan fingerprint density at radius 3 is 2.13 bits per heavy atom. The van der Waals surface area contributed by atoms with E-state index in [1.807, 2.05) is 24.3 Å². The molecule has 0 bridgehead atoms. The van der Waals surface area contributed by atoms with Crippen molar-refractivity contribution in [1.82, 2.24) is 0 Å². The smallest absolute Gasteiger partial charge is 0.416 e. The van der Waals surface area contributed by atoms with Crippen molar-refractivity contribution in [2.45, 2.75) is 43.8 Å². The van der Waals surface area contributed by atoms with Crippen LogP contribution in [0.15, 0.2) is 102 Å². The summed E-state index contributed by atoms with van der Waals surface area (Å²) in [5.41, 5.74) is 2.18. The Balaban J connectivity index is 1.62. The van der Waals surface area contributed by atoms with Gasteiger partial charge in [0.25, 0.3) is 10.0 Å². The van der Waals surface area contributed by atoms with Gasteiger partial charge in [0.15, 0.2) is 0 Å². The lowest BCUT2D eigenvalue weighted by Crippen LogP contribution is -2.30. The van der Waals surface area contributed by atoms with E-state index >= 15 is 0 Å². The van der Waals surface area contributed by atoms with Crippen molar-refractivity contribution < 1.29 is 31.5 Å². The monoisotopic (exact) mass is 675 g/mol. The third-order valence-electron chi connectivity index (χ3n) is 7.18. The van der Waals surface area contributed by atoms with Crippen LogP contribution in [-0.2, 0) is 34.0 Å². The topological polar surface area (TPSA) is 74.7 Å². The summed E-state index contributed by atoms with van der Waals surface area (Å²) in [4.78, 5) is 11.9. The highest BCUT2D eigenvalue weighted by atomic mass is 35.5. The predicted molar refractivity (Wildman–Crippen MR) is 172 cm³/mol. The van der Waals surface area contributed by atoms with E-state index in [9.17, 15) is 31.5 Å². The van der Waals surface area contributed by atoms with E-state index in [1.165, 1.54) is 40.7 Å². The number of rotatable bonds is 11. The quantitative estimate of drug-likeness (QED) is 0.172. The number of halogens is 5. The first kappa shape index (κ1) is 34.1. The number of alkyl halides is 3. The van der Waals surface area contributed by atoms with Crippen molar-refractivity contribution in [3.63, 3.8) is 0 Å². The van der Waals surface area contributed by atoms with E-state index in [2.05, 4.69) is 13.8 Å². The summed E-state index contributed by atoms with van der Waals surface area (Å²) in [7, 11) is -4.10. The average molecular weight is 677 g/mol. The van der Waals surface area contributed by atoms with Gasteiger partial charge in [-0.3, -0.25) is 9.10 Å². The lowest BCUT2D eigenvalue weighted by Gasteiger charge is -2.25. The number of hydrogen-bond acceptors (Lipinski definition) is 3. The molecule has 4 rings (SSSR count). The van der Waals surface area contributed by atoms with Gasteiger partial charge in [0.2, 0.25) is 0 Å². The lowest BCUT2D eigenvalue weighted by atomic mass is 9.96. The second-order valence-electron chi connectivity index (χ2n) is 10.8. The van der Waals surface area contributed by atoms with E-state index < -0.39 is 33.7 Å². The maximum atomic E-state index is 13.9. The number of carboxylic acid groups (broad SMARTS) is 1. The molecule has 1 atom stereocenters. The third kappa shape index (κ3) is 8.69. The highest BCUT2D eigenvalue weighted by molar-refractivity contribution is 7.92. The molecule has 0 fully saturated rings. The number of hydrogen-bond donors (Lipinski definition) is 1. The van der Waals surface area contributed by atoms with Crippen LogP contribution in [0.3, 0.4) is 0 Å². The first-order valence-corrected chi connectivity index (χ1v) is 16.1. The summed E-state index contributed by atoms with van der Waals surface area (Å²) >= 11 is 12.2. The standard InChI is InChI=1S/C34H30Cl2F3NO4S/c1-22(2)26-11-7-24(8-12-26)21-40(45(43,44)30-16-17-31(35)32(36)20-30)29-14-9-23(10-15-29)6-13-27(33(41)42)18-25-4-3-5-28(19-25)34(37,38)39/h3-17,19-20,22,27H,18,21H2,1-2H3,(H,41,42)/b13-6+. The average Bonchev–Trinajstić information content (AvgIpc) is 2.99. The molecule has 0 aliphatic heterocycles. The zero-order valence-corrected chi connectivity index (χ0v) is 26.6. The van der Waals surface area contributed by atoms with Crippen LogP contribution < -0.4 is 4.31 Å². The van der Waals surface area contributed by atoms with Crippen LogP contribution in [0, 0.1) is 5.92 Å². The maximum Gasteiger partial charge on any atom is 0.416 e. The van der Waals surface area contributed by atoms with Crippen LogP contribution in [-0.4, -0.2) is 19.5 Å². The van der Waals surface area contributed by atoms with Crippen molar-refractivity contribution in [3.05, 3.63) is 135 Å². The number of nitrogens with zero attached hydrogens (tertiary/aromatic N) is 1. The normalized spacial score (nSPS) is 12.9. The Kier molecular flexibility index (Phi) is 10.7. The van der Waals surface area contributed by atoms with Crippen LogP contribution in [0.1, 0.15) is 47.6 Å². The molecule has 0 saturated carbocycles. The molecule has 4 aromatic carbocycles. The summed E-state index contributed by atoms with van der Waals surface area (Å²) in [6.45, 7) is 4.15. The molecular formula is C34H30Cl2F3NO4S. The zero-order chi connectivity index (χ0) is 32.9. The number of carbonyl (C=O) groups is 1. The largest absolute Gasteiger partial charge is 0.481 e. The van der Waals surface area contributed by atoms with E-state index in [-0.39, 0.29) is 33.5 Å². The zero-order valence-electron chi connectivity index (χ0n) is 24.3. The van der Waals surface area contributed by atoms with E-state index in [1.54, 1.807) is 30.3 Å². The van der Waals surface area contributed by atoms with Crippen molar-refractivity contribution >= 4 is 51.0 Å². The summed E-state index contributed by atoms with van der Waals surface area (Å²) in [6.07, 6.45) is -1.74. The van der Waals surface area contributed by atoms with Crippen molar-refractivity contribution in [1.29, 1.82) is 0 Å². The van der Waals surface area contributed by atoms with E-state index in [0.717, 1.165) is 23.3 Å². The molecule has 5 nitrogen and oxygen atoms in total. The molecule has 1 N–H and O–H groups in total. The third-order valence-corrected chi connectivity index (χ3v) is 9.69. The second-order valence-corrected chi connectivity index (χ2v) is 13.5. The van der Waals surface area contributed by atoms with Crippen molar-refractivity contribution in [3.8, 4) is 0 Å². The van der Waals surface area contributed by atoms with Gasteiger partial charge in [-0.15, -0.1) is 0 Å². The Labute approximate surface area is 270 Å². The highest BCUT2D eigenvalue weighted by Crippen LogP contribution is 2.32. The van der Waals surface area contributed by atoms with Gasteiger partial charge in [0.05, 0.1) is 38.7 Å². The van der Waals surface area contributed by atoms with E-state index in [0.29, 0.717) is 17.2 Å². The molecule has 0 spiro atoms. The summed E-state index contributed by atoms with van der Waals surface area (Å²) in [5.74, 6) is -1.97. The SMILES string of the molecule is CC(C)c1ccc(CN(c2ccc(/C=C/C(Cc3cccc(C(F)(F)F)c3)C(=O)O)cc2)S(=O)(=O)c2ccc(Cl)c(Cl)c2)cc1. The predicted octanol–water partition coefficient (Wildman–Crippen LogP) is 9.49. The van der Waals surface area contributed by atoms with Crippen molar-refractivity contribution in [2.75, 3.05) is 4.31 Å². The lowest BCUT2D eigenvalue weighted by molar-refractivity contribution is -0.140. The number of benzene rings is 4. The van der Waals surface area contributed by atoms with Crippen LogP contribution >= 0.6 is 23.2 Å². The van der Waals surface area contributed by atoms with Gasteiger partial charge in [-0.1, -0.05) is 104 Å². The summed E-state index contributed by atoms with van der Waals surface area (Å²) in [6, 6.07) is 22.8.